The summed E-state index contributed by atoms with van der Waals surface area (Å²) in [5.74, 6) is 7.62. The molecule has 1 aromatic heterocycles. The number of nitrogens with zero attached hydrogens (tertiary/aromatic N) is 1. The summed E-state index contributed by atoms with van der Waals surface area (Å²) in [5, 5.41) is 1.07. The molecule has 4 aromatic carbocycles. The molecule has 1 heterocycles. The highest BCUT2D eigenvalue weighted by Gasteiger charge is 2.14. The first-order valence-corrected chi connectivity index (χ1v) is 11.2. The van der Waals surface area contributed by atoms with Crippen molar-refractivity contribution in [1.82, 2.24) is 4.98 Å². The van der Waals surface area contributed by atoms with Crippen molar-refractivity contribution in [3.63, 3.8) is 0 Å². The largest absolute Gasteiger partial charge is 0.497 e. The molecule has 0 saturated heterocycles. The van der Waals surface area contributed by atoms with Gasteiger partial charge in [-0.15, -0.1) is 0 Å². The summed E-state index contributed by atoms with van der Waals surface area (Å²) in [7, 11) is 1.67. The molecule has 0 aliphatic carbocycles. The van der Waals surface area contributed by atoms with E-state index in [0.717, 1.165) is 50.2 Å². The molecule has 5 aromatic rings. The van der Waals surface area contributed by atoms with Gasteiger partial charge in [-0.2, -0.15) is 0 Å². The number of para-hydroxylation sites is 1. The van der Waals surface area contributed by atoms with Crippen molar-refractivity contribution < 1.29 is 4.74 Å². The first kappa shape index (κ1) is 21.2. The molecule has 162 valence electrons. The van der Waals surface area contributed by atoms with Gasteiger partial charge in [0.2, 0.25) is 0 Å². The fraction of sp³-hybridized carbons (Fsp3) is 0.0312. The molecule has 0 atom stereocenters. The Kier molecular flexibility index (Phi) is 6.18. The lowest BCUT2D eigenvalue weighted by Crippen LogP contribution is -1.96. The average Bonchev–Trinajstić information content (AvgIpc) is 2.91. The summed E-state index contributed by atoms with van der Waals surface area (Å²) in [5.41, 5.74) is 6.86. The van der Waals surface area contributed by atoms with Crippen molar-refractivity contribution >= 4 is 23.1 Å². The number of aromatic nitrogens is 1. The Morgan fingerprint density at radius 2 is 1.35 bits per heavy atom. The Balaban J connectivity index is 1.77. The van der Waals surface area contributed by atoms with E-state index in [2.05, 4.69) is 48.3 Å². The summed E-state index contributed by atoms with van der Waals surface area (Å²) >= 11 is 0. The van der Waals surface area contributed by atoms with Gasteiger partial charge in [0.25, 0.3) is 0 Å². The van der Waals surface area contributed by atoms with Crippen LogP contribution in [-0.4, -0.2) is 12.1 Å². The summed E-state index contributed by atoms with van der Waals surface area (Å²) in [6.07, 6.45) is 4.29. The van der Waals surface area contributed by atoms with E-state index in [-0.39, 0.29) is 0 Å². The quantitative estimate of drug-likeness (QED) is 0.272. The predicted molar refractivity (Wildman–Crippen MR) is 142 cm³/mol. The van der Waals surface area contributed by atoms with Gasteiger partial charge >= 0.3 is 0 Å². The van der Waals surface area contributed by atoms with Crippen LogP contribution < -0.4 is 4.74 Å². The number of methoxy groups -OCH3 is 1. The van der Waals surface area contributed by atoms with Gasteiger partial charge in [0, 0.05) is 22.1 Å². The standard InChI is InChI=1S/C32H23NO/c1-34-27-20-18-26(19-21-27)32-30(23-17-25-12-6-3-7-13-25)28(22-16-24-10-4-2-5-11-24)29-14-8-9-15-31(29)33-32/h2-16,18-22H,1H3/b22-16+. The number of rotatable bonds is 4. The zero-order chi connectivity index (χ0) is 23.2. The van der Waals surface area contributed by atoms with E-state index in [9.17, 15) is 0 Å². The maximum absolute atomic E-state index is 5.36. The molecule has 0 aliphatic heterocycles. The lowest BCUT2D eigenvalue weighted by molar-refractivity contribution is 0.415. The maximum Gasteiger partial charge on any atom is 0.118 e. The van der Waals surface area contributed by atoms with Crippen LogP contribution in [0.15, 0.2) is 109 Å². The molecule has 0 saturated carbocycles. The SMILES string of the molecule is COc1ccc(-c2nc3ccccc3c(/C=C/c3ccccc3)c2C#Cc2ccccc2)cc1. The number of ether oxygens (including phenoxy) is 1. The number of pyridine rings is 1. The van der Waals surface area contributed by atoms with Gasteiger partial charge in [0.1, 0.15) is 5.75 Å². The van der Waals surface area contributed by atoms with Gasteiger partial charge in [0.15, 0.2) is 0 Å². The van der Waals surface area contributed by atoms with Gasteiger partial charge in [-0.05, 0) is 48.0 Å². The second-order valence-electron chi connectivity index (χ2n) is 7.85. The van der Waals surface area contributed by atoms with Crippen LogP contribution in [0.3, 0.4) is 0 Å². The first-order valence-electron chi connectivity index (χ1n) is 11.2. The Hall–Kier alpha value is -4.61. The van der Waals surface area contributed by atoms with E-state index in [1.807, 2.05) is 84.9 Å². The monoisotopic (exact) mass is 437 g/mol. The highest BCUT2D eigenvalue weighted by atomic mass is 16.5. The molecular weight excluding hydrogens is 414 g/mol. The van der Waals surface area contributed by atoms with Crippen molar-refractivity contribution in [2.45, 2.75) is 0 Å². The number of hydrogen-bond acceptors (Lipinski definition) is 2. The smallest absolute Gasteiger partial charge is 0.118 e. The highest BCUT2D eigenvalue weighted by Crippen LogP contribution is 2.32. The second kappa shape index (κ2) is 9.90. The van der Waals surface area contributed by atoms with Gasteiger partial charge in [-0.1, -0.05) is 90.7 Å². The van der Waals surface area contributed by atoms with E-state index in [1.165, 1.54) is 0 Å². The zero-order valence-electron chi connectivity index (χ0n) is 18.9. The van der Waals surface area contributed by atoms with Crippen molar-refractivity contribution in [3.05, 3.63) is 131 Å². The van der Waals surface area contributed by atoms with Crippen LogP contribution in [0.5, 0.6) is 5.75 Å². The first-order chi connectivity index (χ1) is 16.8. The van der Waals surface area contributed by atoms with E-state index in [0.29, 0.717) is 0 Å². The van der Waals surface area contributed by atoms with Gasteiger partial charge in [-0.25, -0.2) is 4.98 Å². The van der Waals surface area contributed by atoms with Crippen LogP contribution in [0.2, 0.25) is 0 Å². The van der Waals surface area contributed by atoms with Crippen LogP contribution in [0.1, 0.15) is 22.3 Å². The molecule has 0 unspecified atom stereocenters. The van der Waals surface area contributed by atoms with Crippen molar-refractivity contribution in [3.8, 4) is 28.8 Å². The second-order valence-corrected chi connectivity index (χ2v) is 7.85. The Morgan fingerprint density at radius 1 is 0.676 bits per heavy atom. The third-order valence-corrected chi connectivity index (χ3v) is 5.64. The topological polar surface area (TPSA) is 22.1 Å². The Labute approximate surface area is 200 Å². The minimum absolute atomic E-state index is 0.811. The minimum Gasteiger partial charge on any atom is -0.497 e. The van der Waals surface area contributed by atoms with Crippen LogP contribution in [-0.2, 0) is 0 Å². The molecule has 5 rings (SSSR count). The van der Waals surface area contributed by atoms with Crippen molar-refractivity contribution in [2.24, 2.45) is 0 Å². The van der Waals surface area contributed by atoms with E-state index >= 15 is 0 Å². The van der Waals surface area contributed by atoms with Crippen LogP contribution in [0.4, 0.5) is 0 Å². The molecule has 2 heteroatoms. The molecule has 0 spiro atoms. The van der Waals surface area contributed by atoms with Gasteiger partial charge < -0.3 is 4.74 Å². The van der Waals surface area contributed by atoms with E-state index in [4.69, 9.17) is 9.72 Å². The summed E-state index contributed by atoms with van der Waals surface area (Å²) < 4.78 is 5.36. The van der Waals surface area contributed by atoms with E-state index in [1.54, 1.807) is 7.11 Å². The summed E-state index contributed by atoms with van der Waals surface area (Å²) in [6.45, 7) is 0. The lowest BCUT2D eigenvalue weighted by Gasteiger charge is -2.12. The number of fused-ring (bicyclic) bond motifs is 1. The van der Waals surface area contributed by atoms with Crippen molar-refractivity contribution in [1.29, 1.82) is 0 Å². The summed E-state index contributed by atoms with van der Waals surface area (Å²) in [4.78, 5) is 5.05. The molecule has 0 radical (unpaired) electrons. The average molecular weight is 438 g/mol. The van der Waals surface area contributed by atoms with Crippen LogP contribution in [0, 0.1) is 11.8 Å². The highest BCUT2D eigenvalue weighted by molar-refractivity contribution is 5.96. The molecule has 0 aliphatic rings. The Morgan fingerprint density at radius 3 is 2.09 bits per heavy atom. The zero-order valence-corrected chi connectivity index (χ0v) is 18.9. The summed E-state index contributed by atoms with van der Waals surface area (Å²) in [6, 6.07) is 36.6. The van der Waals surface area contributed by atoms with Gasteiger partial charge in [-0.3, -0.25) is 0 Å². The third-order valence-electron chi connectivity index (χ3n) is 5.64. The fourth-order valence-corrected chi connectivity index (χ4v) is 3.89. The third kappa shape index (κ3) is 4.60. The minimum atomic E-state index is 0.811. The molecule has 0 bridgehead atoms. The van der Waals surface area contributed by atoms with Crippen molar-refractivity contribution in [2.75, 3.05) is 7.11 Å². The molecule has 2 nitrogen and oxygen atoms in total. The number of hydrogen-bond donors (Lipinski definition) is 0. The van der Waals surface area contributed by atoms with Gasteiger partial charge in [0.05, 0.1) is 23.9 Å². The fourth-order valence-electron chi connectivity index (χ4n) is 3.89. The molecule has 34 heavy (non-hydrogen) atoms. The molecule has 0 N–H and O–H groups in total. The Bertz CT molecular complexity index is 1510. The van der Waals surface area contributed by atoms with Crippen LogP contribution in [0.25, 0.3) is 34.3 Å². The van der Waals surface area contributed by atoms with E-state index < -0.39 is 0 Å². The number of benzene rings is 4. The molecule has 0 amide bonds. The lowest BCUT2D eigenvalue weighted by atomic mass is 9.95. The normalized spacial score (nSPS) is 10.7. The molecule has 0 fully saturated rings. The molecular formula is C32H23NO. The predicted octanol–water partition coefficient (Wildman–Crippen LogP) is 7.48. The maximum atomic E-state index is 5.36. The van der Waals surface area contributed by atoms with Crippen LogP contribution >= 0.6 is 0 Å².